The van der Waals surface area contributed by atoms with Crippen molar-refractivity contribution in [1.29, 1.82) is 0 Å². The fourth-order valence-corrected chi connectivity index (χ4v) is 3.50. The first kappa shape index (κ1) is 17.5. The highest BCUT2D eigenvalue weighted by Crippen LogP contribution is 2.31. The van der Waals surface area contributed by atoms with Crippen LogP contribution in [0.2, 0.25) is 5.02 Å². The van der Waals surface area contributed by atoms with Gasteiger partial charge < -0.3 is 10.1 Å². The summed E-state index contributed by atoms with van der Waals surface area (Å²) >= 11 is 7.50. The van der Waals surface area contributed by atoms with Crippen molar-refractivity contribution in [2.75, 3.05) is 17.7 Å². The lowest BCUT2D eigenvalue weighted by molar-refractivity contribution is -0.115. The van der Waals surface area contributed by atoms with Crippen molar-refractivity contribution in [3.8, 4) is 0 Å². The van der Waals surface area contributed by atoms with E-state index in [1.54, 1.807) is 54.2 Å². The molecule has 5 nitrogen and oxygen atoms in total. The highest BCUT2D eigenvalue weighted by molar-refractivity contribution is 7.99. The third-order valence-corrected chi connectivity index (χ3v) is 4.99. The zero-order valence-corrected chi connectivity index (χ0v) is 14.7. The molecule has 0 fully saturated rings. The fraction of sp³-hybridized carbons (Fsp3) is 0.167. The maximum Gasteiger partial charge on any atom is 0.338 e. The number of thioether (sulfide) groups is 1. The molecular formula is C18H14ClNO4S. The molecule has 128 valence electrons. The molecule has 0 aliphatic carbocycles. The SMILES string of the molecule is O=C1CCSc2ccc(C(=O)OCC(=O)c3ccccc3Cl)cc2N1. The van der Waals surface area contributed by atoms with Crippen LogP contribution in [0.25, 0.3) is 0 Å². The largest absolute Gasteiger partial charge is 0.454 e. The van der Waals surface area contributed by atoms with Crippen LogP contribution in [0, 0.1) is 0 Å². The summed E-state index contributed by atoms with van der Waals surface area (Å²) in [5, 5.41) is 3.08. The Kier molecular flexibility index (Phi) is 5.40. The number of benzene rings is 2. The topological polar surface area (TPSA) is 72.5 Å². The summed E-state index contributed by atoms with van der Waals surface area (Å²) in [5.41, 5.74) is 1.16. The summed E-state index contributed by atoms with van der Waals surface area (Å²) in [6.45, 7) is -0.402. The molecule has 0 bridgehead atoms. The number of carbonyl (C=O) groups is 3. The van der Waals surface area contributed by atoms with Crippen molar-refractivity contribution in [2.45, 2.75) is 11.3 Å². The number of anilines is 1. The minimum atomic E-state index is -0.633. The molecule has 1 aliphatic heterocycles. The standard InChI is InChI=1S/C18H14ClNO4S/c19-13-4-2-1-3-12(13)15(21)10-24-18(23)11-5-6-16-14(9-11)20-17(22)7-8-25-16/h1-6,9H,7-8,10H2,(H,20,22). The zero-order chi connectivity index (χ0) is 17.8. The van der Waals surface area contributed by atoms with Gasteiger partial charge in [-0.2, -0.15) is 0 Å². The van der Waals surface area contributed by atoms with Gasteiger partial charge in [0.1, 0.15) is 0 Å². The molecule has 1 aliphatic rings. The van der Waals surface area contributed by atoms with Crippen LogP contribution in [0.4, 0.5) is 5.69 Å². The van der Waals surface area contributed by atoms with Crippen molar-refractivity contribution in [1.82, 2.24) is 0 Å². The van der Waals surface area contributed by atoms with Crippen LogP contribution >= 0.6 is 23.4 Å². The number of esters is 1. The molecule has 0 saturated heterocycles. The van der Waals surface area contributed by atoms with E-state index in [4.69, 9.17) is 16.3 Å². The van der Waals surface area contributed by atoms with Crippen LogP contribution in [0.1, 0.15) is 27.1 Å². The van der Waals surface area contributed by atoms with Crippen LogP contribution in [-0.2, 0) is 9.53 Å². The van der Waals surface area contributed by atoms with Gasteiger partial charge in [0.25, 0.3) is 0 Å². The molecule has 3 rings (SSSR count). The second-order valence-electron chi connectivity index (χ2n) is 5.34. The number of hydrogen-bond acceptors (Lipinski definition) is 5. The summed E-state index contributed by atoms with van der Waals surface area (Å²) < 4.78 is 5.08. The van der Waals surface area contributed by atoms with Gasteiger partial charge in [0, 0.05) is 22.6 Å². The van der Waals surface area contributed by atoms with Crippen molar-refractivity contribution in [3.05, 3.63) is 58.6 Å². The third-order valence-electron chi connectivity index (χ3n) is 3.58. The molecule has 2 aromatic rings. The van der Waals surface area contributed by atoms with Crippen molar-refractivity contribution in [3.63, 3.8) is 0 Å². The van der Waals surface area contributed by atoms with Gasteiger partial charge in [0.2, 0.25) is 11.7 Å². The highest BCUT2D eigenvalue weighted by Gasteiger charge is 2.18. The molecule has 1 amide bonds. The molecule has 0 unspecified atom stereocenters. The highest BCUT2D eigenvalue weighted by atomic mass is 35.5. The number of halogens is 1. The minimum absolute atomic E-state index is 0.0920. The van der Waals surface area contributed by atoms with E-state index in [1.165, 1.54) is 0 Å². The summed E-state index contributed by atoms with van der Waals surface area (Å²) in [4.78, 5) is 36.8. The lowest BCUT2D eigenvalue weighted by atomic mass is 10.1. The minimum Gasteiger partial charge on any atom is -0.454 e. The molecule has 25 heavy (non-hydrogen) atoms. The Labute approximate surface area is 153 Å². The first-order valence-electron chi connectivity index (χ1n) is 7.56. The lowest BCUT2D eigenvalue weighted by Gasteiger charge is -2.09. The smallest absolute Gasteiger partial charge is 0.338 e. The molecule has 7 heteroatoms. The van der Waals surface area contributed by atoms with E-state index >= 15 is 0 Å². The molecule has 0 aromatic heterocycles. The second-order valence-corrected chi connectivity index (χ2v) is 6.88. The molecular weight excluding hydrogens is 362 g/mol. The van der Waals surface area contributed by atoms with Crippen LogP contribution in [0.5, 0.6) is 0 Å². The number of Topliss-reactive ketones (excluding diaryl/α,β-unsaturated/α-hetero) is 1. The van der Waals surface area contributed by atoms with E-state index in [9.17, 15) is 14.4 Å². The number of rotatable bonds is 4. The van der Waals surface area contributed by atoms with E-state index in [1.807, 2.05) is 0 Å². The van der Waals surface area contributed by atoms with E-state index in [0.717, 1.165) is 4.90 Å². The Morgan fingerprint density at radius 2 is 2.00 bits per heavy atom. The van der Waals surface area contributed by atoms with E-state index < -0.39 is 12.6 Å². The molecule has 0 radical (unpaired) electrons. The van der Waals surface area contributed by atoms with Crippen LogP contribution in [0.3, 0.4) is 0 Å². The van der Waals surface area contributed by atoms with Crippen LogP contribution in [-0.4, -0.2) is 30.0 Å². The quantitative estimate of drug-likeness (QED) is 0.649. The number of amides is 1. The number of nitrogens with one attached hydrogen (secondary N) is 1. The second kappa shape index (κ2) is 7.72. The number of carbonyl (C=O) groups excluding carboxylic acids is 3. The number of ketones is 1. The summed E-state index contributed by atoms with van der Waals surface area (Å²) in [6, 6.07) is 11.5. The molecule has 1 N–H and O–H groups in total. The van der Waals surface area contributed by atoms with Gasteiger partial charge in [-0.25, -0.2) is 4.79 Å². The Morgan fingerprint density at radius 1 is 1.20 bits per heavy atom. The van der Waals surface area contributed by atoms with Crippen molar-refractivity contribution < 1.29 is 19.1 Å². The number of ether oxygens (including phenoxy) is 1. The number of fused-ring (bicyclic) bond motifs is 1. The predicted molar refractivity (Wildman–Crippen MR) is 96.5 cm³/mol. The molecule has 0 spiro atoms. The zero-order valence-electron chi connectivity index (χ0n) is 13.1. The van der Waals surface area contributed by atoms with E-state index in [0.29, 0.717) is 28.4 Å². The molecule has 0 saturated carbocycles. The van der Waals surface area contributed by atoms with Crippen LogP contribution in [0.15, 0.2) is 47.4 Å². The average molecular weight is 376 g/mol. The average Bonchev–Trinajstić information content (AvgIpc) is 2.79. The van der Waals surface area contributed by atoms with Crippen molar-refractivity contribution >= 4 is 46.7 Å². The Balaban J connectivity index is 1.69. The molecule has 1 heterocycles. The van der Waals surface area contributed by atoms with Gasteiger partial charge in [0.05, 0.1) is 16.3 Å². The normalized spacial score (nSPS) is 13.4. The third kappa shape index (κ3) is 4.21. The Morgan fingerprint density at radius 3 is 2.80 bits per heavy atom. The Bertz CT molecular complexity index is 853. The van der Waals surface area contributed by atoms with Gasteiger partial charge in [-0.15, -0.1) is 11.8 Å². The molecule has 0 atom stereocenters. The van der Waals surface area contributed by atoms with E-state index in [-0.39, 0.29) is 17.3 Å². The van der Waals surface area contributed by atoms with Gasteiger partial charge >= 0.3 is 5.97 Å². The summed E-state index contributed by atoms with van der Waals surface area (Å²) in [6.07, 6.45) is 0.422. The predicted octanol–water partition coefficient (Wildman–Crippen LogP) is 3.81. The lowest BCUT2D eigenvalue weighted by Crippen LogP contribution is -2.15. The maximum atomic E-state index is 12.2. The van der Waals surface area contributed by atoms with Gasteiger partial charge in [-0.05, 0) is 30.3 Å². The van der Waals surface area contributed by atoms with Gasteiger partial charge in [-0.1, -0.05) is 23.7 Å². The first-order valence-corrected chi connectivity index (χ1v) is 8.92. The first-order chi connectivity index (χ1) is 12.0. The summed E-state index contributed by atoms with van der Waals surface area (Å²) in [7, 11) is 0. The van der Waals surface area contributed by atoms with E-state index in [2.05, 4.69) is 5.32 Å². The number of hydrogen-bond donors (Lipinski definition) is 1. The van der Waals surface area contributed by atoms with Gasteiger partial charge in [-0.3, -0.25) is 9.59 Å². The monoisotopic (exact) mass is 375 g/mol. The maximum absolute atomic E-state index is 12.2. The fourth-order valence-electron chi connectivity index (χ4n) is 2.33. The van der Waals surface area contributed by atoms with Crippen LogP contribution < -0.4 is 5.32 Å². The molecule has 2 aromatic carbocycles. The van der Waals surface area contributed by atoms with Crippen molar-refractivity contribution in [2.24, 2.45) is 0 Å². The Hall–Kier alpha value is -2.31. The van der Waals surface area contributed by atoms with Gasteiger partial charge in [0.15, 0.2) is 6.61 Å². The summed E-state index contributed by atoms with van der Waals surface area (Å²) in [5.74, 6) is -0.412.